The number of thiazole rings is 1. The number of hydrazine groups is 1. The Balaban J connectivity index is 1.30. The Kier molecular flexibility index (Phi) is 14.1. The number of aryl methyl sites for hydroxylation is 1. The number of aromatic nitrogens is 3. The molecular weight excluding hydrogens is 805 g/mol. The van der Waals surface area contributed by atoms with Crippen LogP contribution < -0.4 is 10.7 Å². The second-order valence-corrected chi connectivity index (χ2v) is 19.3. The lowest BCUT2D eigenvalue weighted by molar-refractivity contribution is -0.143. The normalized spacial score (nSPS) is 22.0. The fourth-order valence-corrected chi connectivity index (χ4v) is 10.5. The summed E-state index contributed by atoms with van der Waals surface area (Å²) in [5.74, 6) is -0.840. The number of benzene rings is 1. The van der Waals surface area contributed by atoms with Crippen LogP contribution in [0.25, 0.3) is 33.4 Å². The topological polar surface area (TPSA) is 143 Å². The molecule has 7 rings (SSSR count). The van der Waals surface area contributed by atoms with E-state index in [4.69, 9.17) is 24.2 Å². The number of likely N-dealkylation sites (N-methyl/N-ethyl adjacent to an activating group) is 1. The highest BCUT2D eigenvalue weighted by atomic mass is 32.1. The van der Waals surface area contributed by atoms with Gasteiger partial charge in [-0.15, -0.1) is 11.3 Å². The second kappa shape index (κ2) is 19.1. The van der Waals surface area contributed by atoms with E-state index in [1.54, 1.807) is 38.3 Å². The van der Waals surface area contributed by atoms with Gasteiger partial charge in [-0.05, 0) is 87.1 Å². The predicted molar refractivity (Wildman–Crippen MR) is 243 cm³/mol. The van der Waals surface area contributed by atoms with E-state index in [0.717, 1.165) is 77.4 Å². The molecule has 336 valence electrons. The van der Waals surface area contributed by atoms with Gasteiger partial charge in [-0.2, -0.15) is 0 Å². The lowest BCUT2D eigenvalue weighted by Gasteiger charge is -2.42. The lowest BCUT2D eigenvalue weighted by atomic mass is 9.78. The van der Waals surface area contributed by atoms with Gasteiger partial charge in [0.05, 0.1) is 59.5 Å². The van der Waals surface area contributed by atoms with Crippen molar-refractivity contribution in [1.82, 2.24) is 40.1 Å². The van der Waals surface area contributed by atoms with Crippen molar-refractivity contribution in [3.63, 3.8) is 0 Å². The average molecular weight is 871 g/mol. The Morgan fingerprint density at radius 1 is 1.10 bits per heavy atom. The lowest BCUT2D eigenvalue weighted by Crippen LogP contribution is -2.64. The SMILES string of the molecule is CCn1c(-c2cccnc2[C@H](C)OC)c2c3cc(ccc31)-c1csc(n1)C[C@H](NC(=O)[C@H](C(C)C)N(C)C(=O)N1CC(OC)C1)C(=O)N1CCC[C@H](N1)[C@@H](OC)CCC(C)(C)C2. The number of fused-ring (bicyclic) bond motifs is 6. The molecule has 3 aliphatic rings. The summed E-state index contributed by atoms with van der Waals surface area (Å²) in [6, 6.07) is 8.69. The van der Waals surface area contributed by atoms with E-state index in [9.17, 15) is 14.4 Å². The number of amides is 4. The molecule has 2 N–H and O–H groups in total. The largest absolute Gasteiger partial charge is 0.380 e. The highest BCUT2D eigenvalue weighted by molar-refractivity contribution is 7.10. The number of pyridine rings is 1. The number of nitrogens with zero attached hydrogens (tertiary/aromatic N) is 6. The van der Waals surface area contributed by atoms with Gasteiger partial charge in [0, 0.05) is 81.5 Å². The monoisotopic (exact) mass is 870 g/mol. The van der Waals surface area contributed by atoms with Crippen LogP contribution in [0.2, 0.25) is 0 Å². The highest BCUT2D eigenvalue weighted by Gasteiger charge is 2.40. The van der Waals surface area contributed by atoms with Gasteiger partial charge in [0.15, 0.2) is 0 Å². The number of likely N-dealkylation sites (tertiary alicyclic amines) is 1. The first-order valence-electron chi connectivity index (χ1n) is 22.2. The van der Waals surface area contributed by atoms with Gasteiger partial charge in [-0.25, -0.2) is 15.2 Å². The van der Waals surface area contributed by atoms with Crippen LogP contribution in [0.15, 0.2) is 41.9 Å². The van der Waals surface area contributed by atoms with E-state index in [0.29, 0.717) is 19.6 Å². The first-order chi connectivity index (χ1) is 29.7. The standard InChI is InChI=1S/C47H66N8O6S/c1-11-54-38-17-16-30-22-33(38)34(43(54)32-14-12-20-48-41(32)29(4)59-8)24-47(5,6)19-18-39(61-10)35-15-13-21-55(51-35)45(57)36(23-40-49-37(30)27-62-40)50-44(56)42(28(2)3)52(7)46(58)53-25-31(26-53)60-9/h12,14,16-17,20,22,27-29,31,35-36,39,42,51H,11,13,15,18-19,21,23-26H2,1-10H3,(H,50,56)/t29-,35-,36-,39-,42-/m0/s1. The van der Waals surface area contributed by atoms with Crippen LogP contribution in [0.3, 0.4) is 0 Å². The predicted octanol–water partition coefficient (Wildman–Crippen LogP) is 6.86. The maximum Gasteiger partial charge on any atom is 0.320 e. The first kappa shape index (κ1) is 45.6. The number of methoxy groups -OCH3 is 3. The van der Waals surface area contributed by atoms with Gasteiger partial charge in [0.2, 0.25) is 5.91 Å². The third-order valence-corrected chi connectivity index (χ3v) is 14.1. The number of rotatable bonds is 10. The van der Waals surface area contributed by atoms with E-state index in [1.165, 1.54) is 27.2 Å². The summed E-state index contributed by atoms with van der Waals surface area (Å²) in [6.45, 7) is 15.0. The summed E-state index contributed by atoms with van der Waals surface area (Å²) in [5, 5.41) is 8.72. The van der Waals surface area contributed by atoms with E-state index in [1.807, 2.05) is 38.4 Å². The van der Waals surface area contributed by atoms with Crippen molar-refractivity contribution >= 4 is 40.1 Å². The Labute approximate surface area is 370 Å². The van der Waals surface area contributed by atoms with Crippen molar-refractivity contribution in [2.45, 2.75) is 123 Å². The van der Waals surface area contributed by atoms with E-state index < -0.39 is 12.1 Å². The van der Waals surface area contributed by atoms with E-state index >= 15 is 0 Å². The molecule has 4 amide bonds. The van der Waals surface area contributed by atoms with Gasteiger partial charge in [0.25, 0.3) is 5.91 Å². The number of urea groups is 1. The van der Waals surface area contributed by atoms with Crippen molar-refractivity contribution in [1.29, 1.82) is 0 Å². The van der Waals surface area contributed by atoms with Crippen LogP contribution in [-0.4, -0.2) is 126 Å². The minimum absolute atomic E-state index is 0.0133. The summed E-state index contributed by atoms with van der Waals surface area (Å²) in [5.41, 5.74) is 10.7. The first-order valence-corrected chi connectivity index (χ1v) is 23.1. The third-order valence-electron chi connectivity index (χ3n) is 13.2. The molecule has 3 aliphatic heterocycles. The molecule has 0 spiro atoms. The van der Waals surface area contributed by atoms with Crippen molar-refractivity contribution in [2.24, 2.45) is 11.3 Å². The molecule has 0 radical (unpaired) electrons. The Morgan fingerprint density at radius 2 is 1.87 bits per heavy atom. The molecule has 62 heavy (non-hydrogen) atoms. The zero-order valence-corrected chi connectivity index (χ0v) is 39.0. The Morgan fingerprint density at radius 3 is 2.56 bits per heavy atom. The summed E-state index contributed by atoms with van der Waals surface area (Å²) in [4.78, 5) is 55.8. The smallest absolute Gasteiger partial charge is 0.320 e. The molecule has 15 heteroatoms. The molecule has 2 fully saturated rings. The molecule has 3 aromatic heterocycles. The second-order valence-electron chi connectivity index (χ2n) is 18.4. The van der Waals surface area contributed by atoms with Crippen LogP contribution in [-0.2, 0) is 43.2 Å². The van der Waals surface area contributed by atoms with Gasteiger partial charge in [-0.1, -0.05) is 33.8 Å². The molecule has 14 nitrogen and oxygen atoms in total. The summed E-state index contributed by atoms with van der Waals surface area (Å²) >= 11 is 1.48. The van der Waals surface area contributed by atoms with Gasteiger partial charge < -0.3 is 33.9 Å². The molecule has 0 saturated carbocycles. The summed E-state index contributed by atoms with van der Waals surface area (Å²) in [7, 11) is 6.77. The maximum atomic E-state index is 14.7. The van der Waals surface area contributed by atoms with Crippen LogP contribution in [0.4, 0.5) is 4.79 Å². The van der Waals surface area contributed by atoms with E-state index in [-0.39, 0.29) is 60.0 Å². The zero-order chi connectivity index (χ0) is 44.5. The molecule has 0 unspecified atom stereocenters. The van der Waals surface area contributed by atoms with Crippen LogP contribution in [0.1, 0.15) is 89.6 Å². The summed E-state index contributed by atoms with van der Waals surface area (Å²) in [6.07, 6.45) is 5.78. The van der Waals surface area contributed by atoms with Crippen molar-refractivity contribution < 1.29 is 28.6 Å². The van der Waals surface area contributed by atoms with Gasteiger partial charge in [0.1, 0.15) is 12.1 Å². The number of hydrogen-bond acceptors (Lipinski definition) is 10. The number of carbonyl (C=O) groups is 3. The van der Waals surface area contributed by atoms with Crippen molar-refractivity contribution in [3.05, 3.63) is 58.2 Å². The fraction of sp³-hybridized carbons (Fsp3) is 0.596. The minimum Gasteiger partial charge on any atom is -0.380 e. The third kappa shape index (κ3) is 9.28. The quantitative estimate of drug-likeness (QED) is 0.175. The summed E-state index contributed by atoms with van der Waals surface area (Å²) < 4.78 is 19.9. The molecule has 2 saturated heterocycles. The molecule has 1 aromatic carbocycles. The average Bonchev–Trinajstić information content (AvgIpc) is 3.83. The Hall–Kier alpha value is -4.41. The Bertz CT molecular complexity index is 2230. The van der Waals surface area contributed by atoms with Gasteiger partial charge in [-0.3, -0.25) is 19.6 Å². The van der Waals surface area contributed by atoms with Crippen molar-refractivity contribution in [2.75, 3.05) is 48.0 Å². The molecular formula is C47H66N8O6S. The van der Waals surface area contributed by atoms with Gasteiger partial charge >= 0.3 is 6.03 Å². The number of carbonyl (C=O) groups excluding carboxylic acids is 3. The molecule has 0 aliphatic carbocycles. The highest BCUT2D eigenvalue weighted by Crippen LogP contribution is 2.43. The molecule has 6 heterocycles. The van der Waals surface area contributed by atoms with Crippen LogP contribution in [0, 0.1) is 11.3 Å². The van der Waals surface area contributed by atoms with Crippen LogP contribution >= 0.6 is 11.3 Å². The van der Waals surface area contributed by atoms with Crippen LogP contribution in [0.5, 0.6) is 0 Å². The number of nitrogens with one attached hydrogen (secondary N) is 2. The van der Waals surface area contributed by atoms with E-state index in [2.05, 4.69) is 60.3 Å². The molecule has 4 aromatic rings. The van der Waals surface area contributed by atoms with Crippen molar-refractivity contribution in [3.8, 4) is 22.5 Å². The number of ether oxygens (including phenoxy) is 3. The number of hydrogen-bond donors (Lipinski definition) is 2. The minimum atomic E-state index is -0.934. The zero-order valence-electron chi connectivity index (χ0n) is 38.2. The maximum absolute atomic E-state index is 14.7. The fourth-order valence-electron chi connectivity index (χ4n) is 9.65. The molecule has 6 bridgehead atoms. The molecule has 5 atom stereocenters.